The second-order valence-electron chi connectivity index (χ2n) is 5.23. The highest BCUT2D eigenvalue weighted by Crippen LogP contribution is 2.25. The fourth-order valence-electron chi connectivity index (χ4n) is 2.31. The molecule has 2 heterocycles. The number of hydrogen-bond donors (Lipinski definition) is 1. The summed E-state index contributed by atoms with van der Waals surface area (Å²) in [7, 11) is 1.62. The summed E-state index contributed by atoms with van der Waals surface area (Å²) in [4.78, 5) is 13.9. The van der Waals surface area contributed by atoms with E-state index in [1.807, 2.05) is 12.1 Å². The van der Waals surface area contributed by atoms with Crippen molar-refractivity contribution in [1.29, 1.82) is 0 Å². The van der Waals surface area contributed by atoms with E-state index in [0.717, 1.165) is 5.69 Å². The predicted octanol–water partition coefficient (Wildman–Crippen LogP) is 2.85. The van der Waals surface area contributed by atoms with Crippen LogP contribution in [0, 0.1) is 0 Å². The summed E-state index contributed by atoms with van der Waals surface area (Å²) in [6.07, 6.45) is 1.56. The van der Waals surface area contributed by atoms with Crippen LogP contribution in [0.25, 0.3) is 17.1 Å². The monoisotopic (exact) mass is 345 g/mol. The van der Waals surface area contributed by atoms with Gasteiger partial charge in [-0.25, -0.2) is 4.68 Å². The molecule has 0 radical (unpaired) electrons. The predicted molar refractivity (Wildman–Crippen MR) is 90.3 cm³/mol. The van der Waals surface area contributed by atoms with Crippen LogP contribution in [0.1, 0.15) is 10.5 Å². The van der Waals surface area contributed by atoms with Crippen LogP contribution >= 0.6 is 11.6 Å². The van der Waals surface area contributed by atoms with Gasteiger partial charge in [0.05, 0.1) is 18.6 Å². The molecule has 0 aliphatic rings. The van der Waals surface area contributed by atoms with Crippen LogP contribution in [0.4, 0.5) is 0 Å². The fraction of sp³-hybridized carbons (Fsp3) is 0.176. The first-order valence-corrected chi connectivity index (χ1v) is 7.74. The maximum atomic E-state index is 12.4. The minimum absolute atomic E-state index is 0.106. The molecule has 24 heavy (non-hydrogen) atoms. The standard InChI is InChI=1S/C17H16ClN3O3/c1-20(8-9-22)17(23)14-11-15(16-3-2-10-24-16)21(19-14)13-6-4-12(18)5-7-13/h2-7,10-11,22H,8-9H2,1H3. The number of amides is 1. The molecule has 7 heteroatoms. The summed E-state index contributed by atoms with van der Waals surface area (Å²) in [6, 6.07) is 12.4. The van der Waals surface area contributed by atoms with E-state index in [2.05, 4.69) is 5.10 Å². The maximum Gasteiger partial charge on any atom is 0.274 e. The Morgan fingerprint density at radius 3 is 2.71 bits per heavy atom. The SMILES string of the molecule is CN(CCO)C(=O)c1cc(-c2ccco2)n(-c2ccc(Cl)cc2)n1. The minimum atomic E-state index is -0.274. The van der Waals surface area contributed by atoms with Crippen molar-refractivity contribution in [2.75, 3.05) is 20.2 Å². The zero-order valence-electron chi connectivity index (χ0n) is 13.0. The summed E-state index contributed by atoms with van der Waals surface area (Å²) < 4.78 is 7.09. The normalized spacial score (nSPS) is 10.8. The van der Waals surface area contributed by atoms with Gasteiger partial charge in [-0.15, -0.1) is 0 Å². The van der Waals surface area contributed by atoms with Crippen LogP contribution in [0.2, 0.25) is 5.02 Å². The molecular formula is C17H16ClN3O3. The Labute approximate surface area is 143 Å². The van der Waals surface area contributed by atoms with Gasteiger partial charge in [0.2, 0.25) is 0 Å². The quantitative estimate of drug-likeness (QED) is 0.771. The lowest BCUT2D eigenvalue weighted by Crippen LogP contribution is -2.29. The molecule has 3 rings (SSSR count). The molecule has 1 amide bonds. The van der Waals surface area contributed by atoms with Crippen molar-refractivity contribution in [1.82, 2.24) is 14.7 Å². The minimum Gasteiger partial charge on any atom is -0.463 e. The number of likely N-dealkylation sites (N-methyl/N-ethyl adjacent to an activating group) is 1. The number of aliphatic hydroxyl groups is 1. The van der Waals surface area contributed by atoms with Crippen molar-refractivity contribution in [3.8, 4) is 17.1 Å². The summed E-state index contributed by atoms with van der Waals surface area (Å²) in [5.41, 5.74) is 1.69. The Kier molecular flexibility index (Phi) is 4.69. The van der Waals surface area contributed by atoms with E-state index >= 15 is 0 Å². The summed E-state index contributed by atoms with van der Waals surface area (Å²) in [5, 5.41) is 14.0. The fourth-order valence-corrected chi connectivity index (χ4v) is 2.44. The highest BCUT2D eigenvalue weighted by atomic mass is 35.5. The number of aromatic nitrogens is 2. The lowest BCUT2D eigenvalue weighted by molar-refractivity contribution is 0.0760. The summed E-state index contributed by atoms with van der Waals surface area (Å²) in [5.74, 6) is 0.325. The first-order valence-electron chi connectivity index (χ1n) is 7.36. The summed E-state index contributed by atoms with van der Waals surface area (Å²) >= 11 is 5.94. The first-order chi connectivity index (χ1) is 11.6. The van der Waals surface area contributed by atoms with Crippen LogP contribution in [0.5, 0.6) is 0 Å². The van der Waals surface area contributed by atoms with E-state index in [4.69, 9.17) is 21.1 Å². The topological polar surface area (TPSA) is 71.5 Å². The Morgan fingerprint density at radius 1 is 1.33 bits per heavy atom. The van der Waals surface area contributed by atoms with Crippen molar-refractivity contribution in [2.24, 2.45) is 0 Å². The van der Waals surface area contributed by atoms with Gasteiger partial charge < -0.3 is 14.4 Å². The second-order valence-corrected chi connectivity index (χ2v) is 5.67. The smallest absolute Gasteiger partial charge is 0.274 e. The molecule has 0 aliphatic heterocycles. The molecule has 0 spiro atoms. The molecule has 3 aromatic rings. The Hall–Kier alpha value is -2.57. The van der Waals surface area contributed by atoms with Crippen molar-refractivity contribution >= 4 is 17.5 Å². The van der Waals surface area contributed by atoms with Crippen molar-refractivity contribution in [2.45, 2.75) is 0 Å². The number of nitrogens with zero attached hydrogens (tertiary/aromatic N) is 3. The number of benzene rings is 1. The molecule has 0 aliphatic carbocycles. The average Bonchev–Trinajstić information content (AvgIpc) is 3.24. The van der Waals surface area contributed by atoms with Gasteiger partial charge in [0, 0.05) is 24.7 Å². The molecule has 6 nitrogen and oxygen atoms in total. The van der Waals surface area contributed by atoms with Crippen molar-refractivity contribution in [3.05, 3.63) is 59.4 Å². The molecule has 2 aromatic heterocycles. The van der Waals surface area contributed by atoms with Gasteiger partial charge in [-0.3, -0.25) is 4.79 Å². The molecule has 0 bridgehead atoms. The third-order valence-electron chi connectivity index (χ3n) is 3.56. The second kappa shape index (κ2) is 6.90. The van der Waals surface area contributed by atoms with Gasteiger partial charge in [0.1, 0.15) is 5.69 Å². The largest absolute Gasteiger partial charge is 0.463 e. The van der Waals surface area contributed by atoms with E-state index in [1.165, 1.54) is 4.90 Å². The van der Waals surface area contributed by atoms with Crippen molar-refractivity contribution in [3.63, 3.8) is 0 Å². The van der Waals surface area contributed by atoms with Gasteiger partial charge in [0.15, 0.2) is 11.5 Å². The van der Waals surface area contributed by atoms with Gasteiger partial charge in [-0.05, 0) is 36.4 Å². The molecule has 1 N–H and O–H groups in total. The third kappa shape index (κ3) is 3.20. The zero-order valence-corrected chi connectivity index (χ0v) is 13.8. The molecule has 124 valence electrons. The lowest BCUT2D eigenvalue weighted by Gasteiger charge is -2.13. The average molecular weight is 346 g/mol. The highest BCUT2D eigenvalue weighted by molar-refractivity contribution is 6.30. The molecule has 0 atom stereocenters. The van der Waals surface area contributed by atoms with Gasteiger partial charge in [-0.2, -0.15) is 5.10 Å². The van der Waals surface area contributed by atoms with E-state index in [9.17, 15) is 4.79 Å². The van der Waals surface area contributed by atoms with E-state index in [-0.39, 0.29) is 24.8 Å². The van der Waals surface area contributed by atoms with Gasteiger partial charge in [0.25, 0.3) is 5.91 Å². The number of carbonyl (C=O) groups excluding carboxylic acids is 1. The number of hydrogen-bond acceptors (Lipinski definition) is 4. The van der Waals surface area contributed by atoms with Crippen LogP contribution in [0.15, 0.2) is 53.1 Å². The van der Waals surface area contributed by atoms with Crippen molar-refractivity contribution < 1.29 is 14.3 Å². The number of furan rings is 1. The van der Waals surface area contributed by atoms with Crippen LogP contribution in [0.3, 0.4) is 0 Å². The van der Waals surface area contributed by atoms with Crippen LogP contribution < -0.4 is 0 Å². The van der Waals surface area contributed by atoms with E-state index < -0.39 is 0 Å². The lowest BCUT2D eigenvalue weighted by atomic mass is 10.2. The third-order valence-corrected chi connectivity index (χ3v) is 3.81. The molecule has 0 fully saturated rings. The summed E-state index contributed by atoms with van der Waals surface area (Å²) in [6.45, 7) is 0.133. The van der Waals surface area contributed by atoms with Gasteiger partial charge >= 0.3 is 0 Å². The Morgan fingerprint density at radius 2 is 2.08 bits per heavy atom. The number of aliphatic hydroxyl groups excluding tert-OH is 1. The molecule has 0 unspecified atom stereocenters. The number of carbonyl (C=O) groups is 1. The van der Waals surface area contributed by atoms with Crippen LogP contribution in [-0.2, 0) is 0 Å². The Bertz CT molecular complexity index is 825. The van der Waals surface area contributed by atoms with Crippen LogP contribution in [-0.4, -0.2) is 45.9 Å². The molecule has 1 aromatic carbocycles. The Balaban J connectivity index is 2.06. The highest BCUT2D eigenvalue weighted by Gasteiger charge is 2.20. The number of rotatable bonds is 5. The molecular weight excluding hydrogens is 330 g/mol. The molecule has 0 saturated carbocycles. The van der Waals surface area contributed by atoms with E-state index in [0.29, 0.717) is 16.5 Å². The first kappa shape index (κ1) is 16.3. The zero-order chi connectivity index (χ0) is 17.1. The maximum absolute atomic E-state index is 12.4. The van der Waals surface area contributed by atoms with E-state index in [1.54, 1.807) is 48.3 Å². The van der Waals surface area contributed by atoms with Gasteiger partial charge in [-0.1, -0.05) is 11.6 Å². The number of halogens is 1. The molecule has 0 saturated heterocycles.